The number of hydrogen-bond acceptors (Lipinski definition) is 3. The Morgan fingerprint density at radius 1 is 1.17 bits per heavy atom. The SMILES string of the molecule is CCNCc1ccc(OCCC(=O)NCC)cc1. The lowest BCUT2D eigenvalue weighted by atomic mass is 10.2. The smallest absolute Gasteiger partial charge is 0.223 e. The van der Waals surface area contributed by atoms with E-state index in [4.69, 9.17) is 4.74 Å². The second-order valence-electron chi connectivity index (χ2n) is 3.98. The number of rotatable bonds is 8. The van der Waals surface area contributed by atoms with Gasteiger partial charge in [-0.25, -0.2) is 0 Å². The van der Waals surface area contributed by atoms with Crippen LogP contribution in [0.5, 0.6) is 5.75 Å². The first kappa shape index (κ1) is 14.5. The van der Waals surface area contributed by atoms with Gasteiger partial charge in [-0.2, -0.15) is 0 Å². The molecule has 100 valence electrons. The predicted octanol–water partition coefficient (Wildman–Crippen LogP) is 1.70. The lowest BCUT2D eigenvalue weighted by molar-refractivity contribution is -0.121. The van der Waals surface area contributed by atoms with Gasteiger partial charge < -0.3 is 15.4 Å². The van der Waals surface area contributed by atoms with Crippen LogP contribution in [0.1, 0.15) is 25.8 Å². The fraction of sp³-hybridized carbons (Fsp3) is 0.500. The average molecular weight is 250 g/mol. The summed E-state index contributed by atoms with van der Waals surface area (Å²) in [6.07, 6.45) is 0.396. The van der Waals surface area contributed by atoms with Crippen LogP contribution in [0.2, 0.25) is 0 Å². The van der Waals surface area contributed by atoms with Crippen molar-refractivity contribution in [3.05, 3.63) is 29.8 Å². The summed E-state index contributed by atoms with van der Waals surface area (Å²) in [7, 11) is 0. The minimum absolute atomic E-state index is 0.0289. The highest BCUT2D eigenvalue weighted by molar-refractivity contribution is 5.75. The van der Waals surface area contributed by atoms with E-state index in [1.54, 1.807) is 0 Å². The predicted molar refractivity (Wildman–Crippen MR) is 72.6 cm³/mol. The molecule has 0 heterocycles. The molecular formula is C14H22N2O2. The Bertz CT molecular complexity index is 349. The number of carbonyl (C=O) groups is 1. The van der Waals surface area contributed by atoms with Crippen molar-refractivity contribution in [3.63, 3.8) is 0 Å². The van der Waals surface area contributed by atoms with Crippen molar-refractivity contribution in [1.29, 1.82) is 0 Å². The second-order valence-corrected chi connectivity index (χ2v) is 3.98. The van der Waals surface area contributed by atoms with E-state index < -0.39 is 0 Å². The van der Waals surface area contributed by atoms with E-state index in [0.717, 1.165) is 18.8 Å². The molecule has 0 aliphatic rings. The Morgan fingerprint density at radius 2 is 1.89 bits per heavy atom. The summed E-state index contributed by atoms with van der Waals surface area (Å²) in [5.41, 5.74) is 1.23. The van der Waals surface area contributed by atoms with Gasteiger partial charge in [0.2, 0.25) is 5.91 Å². The van der Waals surface area contributed by atoms with Crippen LogP contribution < -0.4 is 15.4 Å². The molecule has 0 spiro atoms. The third-order valence-electron chi connectivity index (χ3n) is 2.47. The molecule has 2 N–H and O–H groups in total. The van der Waals surface area contributed by atoms with Crippen molar-refractivity contribution in [1.82, 2.24) is 10.6 Å². The number of amides is 1. The van der Waals surface area contributed by atoms with E-state index in [1.165, 1.54) is 5.56 Å². The molecule has 1 amide bonds. The Kier molecular flexibility index (Phi) is 6.87. The molecule has 0 fully saturated rings. The topological polar surface area (TPSA) is 50.4 Å². The largest absolute Gasteiger partial charge is 0.493 e. The Hall–Kier alpha value is -1.55. The van der Waals surface area contributed by atoms with Crippen molar-refractivity contribution in [2.24, 2.45) is 0 Å². The fourth-order valence-electron chi connectivity index (χ4n) is 1.52. The third-order valence-corrected chi connectivity index (χ3v) is 2.47. The first-order valence-electron chi connectivity index (χ1n) is 6.45. The molecule has 0 atom stereocenters. The summed E-state index contributed by atoms with van der Waals surface area (Å²) in [5.74, 6) is 0.834. The van der Waals surface area contributed by atoms with E-state index in [9.17, 15) is 4.79 Å². The molecule has 0 unspecified atom stereocenters. The van der Waals surface area contributed by atoms with E-state index in [2.05, 4.69) is 17.6 Å². The van der Waals surface area contributed by atoms with Crippen molar-refractivity contribution in [3.8, 4) is 5.75 Å². The van der Waals surface area contributed by atoms with E-state index in [-0.39, 0.29) is 5.91 Å². The van der Waals surface area contributed by atoms with Crippen LogP contribution in [0, 0.1) is 0 Å². The molecule has 0 aliphatic carbocycles. The summed E-state index contributed by atoms with van der Waals surface area (Å²) < 4.78 is 5.50. The summed E-state index contributed by atoms with van der Waals surface area (Å²) >= 11 is 0. The molecular weight excluding hydrogens is 228 g/mol. The highest BCUT2D eigenvalue weighted by Crippen LogP contribution is 2.12. The Balaban J connectivity index is 2.28. The van der Waals surface area contributed by atoms with Crippen LogP contribution >= 0.6 is 0 Å². The molecule has 18 heavy (non-hydrogen) atoms. The fourth-order valence-corrected chi connectivity index (χ4v) is 1.52. The number of nitrogens with one attached hydrogen (secondary N) is 2. The minimum atomic E-state index is 0.0289. The van der Waals surface area contributed by atoms with Gasteiger partial charge in [-0.3, -0.25) is 4.79 Å². The first-order valence-corrected chi connectivity index (χ1v) is 6.45. The van der Waals surface area contributed by atoms with Crippen LogP contribution in [-0.2, 0) is 11.3 Å². The number of benzene rings is 1. The second kappa shape index (κ2) is 8.53. The third kappa shape index (κ3) is 5.68. The monoisotopic (exact) mass is 250 g/mol. The summed E-state index contributed by atoms with van der Waals surface area (Å²) in [4.78, 5) is 11.2. The summed E-state index contributed by atoms with van der Waals surface area (Å²) in [5, 5.41) is 6.00. The maximum Gasteiger partial charge on any atom is 0.223 e. The van der Waals surface area contributed by atoms with Gasteiger partial charge in [-0.05, 0) is 31.2 Å². The zero-order valence-corrected chi connectivity index (χ0v) is 11.2. The standard InChI is InChI=1S/C14H22N2O2/c1-3-15-11-12-5-7-13(8-6-12)18-10-9-14(17)16-4-2/h5-8,15H,3-4,9-11H2,1-2H3,(H,16,17). The first-order chi connectivity index (χ1) is 8.76. The quantitative estimate of drug-likeness (QED) is 0.738. The summed E-state index contributed by atoms with van der Waals surface area (Å²) in [6.45, 7) is 6.90. The molecule has 0 bridgehead atoms. The van der Waals surface area contributed by atoms with Crippen molar-refractivity contribution in [2.75, 3.05) is 19.7 Å². The average Bonchev–Trinajstić information content (AvgIpc) is 2.38. The molecule has 1 aromatic carbocycles. The molecule has 0 saturated carbocycles. The molecule has 4 heteroatoms. The van der Waals surface area contributed by atoms with Crippen LogP contribution in [0.4, 0.5) is 0 Å². The van der Waals surface area contributed by atoms with E-state index >= 15 is 0 Å². The molecule has 1 rings (SSSR count). The van der Waals surface area contributed by atoms with Gasteiger partial charge in [0.15, 0.2) is 0 Å². The Morgan fingerprint density at radius 3 is 2.50 bits per heavy atom. The number of ether oxygens (including phenoxy) is 1. The van der Waals surface area contributed by atoms with Crippen LogP contribution in [0.25, 0.3) is 0 Å². The summed E-state index contributed by atoms with van der Waals surface area (Å²) in [6, 6.07) is 7.93. The van der Waals surface area contributed by atoms with Crippen LogP contribution in [0.3, 0.4) is 0 Å². The maximum atomic E-state index is 11.2. The molecule has 4 nitrogen and oxygen atoms in total. The molecule has 0 aliphatic heterocycles. The van der Waals surface area contributed by atoms with Crippen molar-refractivity contribution in [2.45, 2.75) is 26.8 Å². The van der Waals surface area contributed by atoms with Gasteiger partial charge in [-0.1, -0.05) is 19.1 Å². The highest BCUT2D eigenvalue weighted by Gasteiger charge is 2.00. The zero-order chi connectivity index (χ0) is 13.2. The number of hydrogen-bond donors (Lipinski definition) is 2. The normalized spacial score (nSPS) is 10.1. The lowest BCUT2D eigenvalue weighted by Crippen LogP contribution is -2.24. The van der Waals surface area contributed by atoms with Crippen molar-refractivity contribution >= 4 is 5.91 Å². The molecule has 0 aromatic heterocycles. The molecule has 0 saturated heterocycles. The highest BCUT2D eigenvalue weighted by atomic mass is 16.5. The van der Waals surface area contributed by atoms with Gasteiger partial charge in [0.25, 0.3) is 0 Å². The Labute approximate surface area is 109 Å². The van der Waals surface area contributed by atoms with Gasteiger partial charge >= 0.3 is 0 Å². The molecule has 1 aromatic rings. The maximum absolute atomic E-state index is 11.2. The van der Waals surface area contributed by atoms with Crippen LogP contribution in [0.15, 0.2) is 24.3 Å². The lowest BCUT2D eigenvalue weighted by Gasteiger charge is -2.07. The minimum Gasteiger partial charge on any atom is -0.493 e. The van der Waals surface area contributed by atoms with Gasteiger partial charge in [0, 0.05) is 13.1 Å². The van der Waals surface area contributed by atoms with Crippen LogP contribution in [-0.4, -0.2) is 25.6 Å². The number of carbonyl (C=O) groups excluding carboxylic acids is 1. The molecule has 0 radical (unpaired) electrons. The van der Waals surface area contributed by atoms with Gasteiger partial charge in [0.05, 0.1) is 13.0 Å². The van der Waals surface area contributed by atoms with E-state index in [0.29, 0.717) is 19.6 Å². The van der Waals surface area contributed by atoms with Gasteiger partial charge in [-0.15, -0.1) is 0 Å². The van der Waals surface area contributed by atoms with Gasteiger partial charge in [0.1, 0.15) is 5.75 Å². The van der Waals surface area contributed by atoms with Crippen molar-refractivity contribution < 1.29 is 9.53 Å². The zero-order valence-electron chi connectivity index (χ0n) is 11.2. The van der Waals surface area contributed by atoms with E-state index in [1.807, 2.05) is 31.2 Å².